The minimum Gasteiger partial charge on any atom is -0.475 e. The Bertz CT molecular complexity index is 1020. The minimum atomic E-state index is -5.08. The number of aliphatic carboxylic acids is 1. The third-order valence-corrected chi connectivity index (χ3v) is 4.70. The molecule has 7 heteroatoms. The highest BCUT2D eigenvalue weighted by Crippen LogP contribution is 2.21. The number of aryl methyl sites for hydroxylation is 2. The third-order valence-electron chi connectivity index (χ3n) is 4.70. The van der Waals surface area contributed by atoms with Crippen molar-refractivity contribution in [1.82, 2.24) is 0 Å². The lowest BCUT2D eigenvalue weighted by molar-refractivity contribution is -0.192. The number of hydrogen-bond acceptors (Lipinski definition) is 2. The molecule has 3 aromatic rings. The summed E-state index contributed by atoms with van der Waals surface area (Å²) in [6, 6.07) is 26.7. The number of alkyl halides is 3. The maximum atomic E-state index is 11.3. The zero-order chi connectivity index (χ0) is 23.6. The van der Waals surface area contributed by atoms with Gasteiger partial charge in [-0.3, -0.25) is 4.79 Å². The molecule has 3 aromatic carbocycles. The molecule has 0 radical (unpaired) electrons. The molecule has 0 spiro atoms. The van der Waals surface area contributed by atoms with Crippen LogP contribution in [0.3, 0.4) is 0 Å². The lowest BCUT2D eigenvalue weighted by atomic mass is 9.99. The number of rotatable bonds is 7. The van der Waals surface area contributed by atoms with Gasteiger partial charge in [0.05, 0.1) is 0 Å². The second kappa shape index (κ2) is 11.7. The van der Waals surface area contributed by atoms with Crippen LogP contribution in [0, 0.1) is 0 Å². The quantitative estimate of drug-likeness (QED) is 0.463. The van der Waals surface area contributed by atoms with E-state index in [4.69, 9.17) is 15.6 Å². The van der Waals surface area contributed by atoms with Crippen LogP contribution in [0.1, 0.15) is 34.3 Å². The summed E-state index contributed by atoms with van der Waals surface area (Å²) in [6.45, 7) is 0. The van der Waals surface area contributed by atoms with E-state index in [-0.39, 0.29) is 0 Å². The second-order valence-corrected chi connectivity index (χ2v) is 7.14. The van der Waals surface area contributed by atoms with Crippen LogP contribution in [0.25, 0.3) is 11.1 Å². The van der Waals surface area contributed by atoms with E-state index in [2.05, 4.69) is 54.6 Å². The summed E-state index contributed by atoms with van der Waals surface area (Å²) in [5, 5.41) is 7.12. The Balaban J connectivity index is 0.000000451. The van der Waals surface area contributed by atoms with E-state index < -0.39 is 18.1 Å². The van der Waals surface area contributed by atoms with Gasteiger partial charge in [-0.25, -0.2) is 4.79 Å². The molecule has 0 unspecified atom stereocenters. The standard InChI is InChI=1S/C23H23NO.C2HF3O2/c24-23(25)22-12-6-11-21(17-22)20-15-13-19(14-16-20)10-5-4-9-18-7-2-1-3-8-18;3-2(4,5)1(6)7/h1-3,6-8,11-17H,4-5,9-10H2,(H2,24,25);(H,6,7). The number of amides is 1. The molecule has 0 bridgehead atoms. The van der Waals surface area contributed by atoms with Gasteiger partial charge in [-0.2, -0.15) is 13.2 Å². The zero-order valence-corrected chi connectivity index (χ0v) is 17.3. The molecule has 0 atom stereocenters. The van der Waals surface area contributed by atoms with Gasteiger partial charge in [0.2, 0.25) is 5.91 Å². The van der Waals surface area contributed by atoms with Crippen molar-refractivity contribution in [3.8, 4) is 11.1 Å². The fourth-order valence-corrected chi connectivity index (χ4v) is 3.02. The van der Waals surface area contributed by atoms with Crippen LogP contribution in [-0.4, -0.2) is 23.2 Å². The summed E-state index contributed by atoms with van der Waals surface area (Å²) in [5.41, 5.74) is 10.8. The molecule has 0 aromatic heterocycles. The van der Waals surface area contributed by atoms with Crippen LogP contribution >= 0.6 is 0 Å². The lowest BCUT2D eigenvalue weighted by Crippen LogP contribution is -2.21. The lowest BCUT2D eigenvalue weighted by Gasteiger charge is -2.06. The van der Waals surface area contributed by atoms with E-state index in [1.54, 1.807) is 6.07 Å². The molecule has 0 saturated carbocycles. The van der Waals surface area contributed by atoms with Crippen LogP contribution in [0.15, 0.2) is 78.9 Å². The Labute approximate surface area is 184 Å². The maximum Gasteiger partial charge on any atom is 0.490 e. The molecule has 0 aliphatic rings. The first-order valence-corrected chi connectivity index (χ1v) is 10.00. The van der Waals surface area contributed by atoms with Crippen LogP contribution in [-0.2, 0) is 17.6 Å². The smallest absolute Gasteiger partial charge is 0.475 e. The summed E-state index contributed by atoms with van der Waals surface area (Å²) in [6.07, 6.45) is -0.467. The summed E-state index contributed by atoms with van der Waals surface area (Å²) in [7, 11) is 0. The largest absolute Gasteiger partial charge is 0.490 e. The van der Waals surface area contributed by atoms with Crippen molar-refractivity contribution in [3.63, 3.8) is 0 Å². The topological polar surface area (TPSA) is 80.4 Å². The predicted molar refractivity (Wildman–Crippen MR) is 117 cm³/mol. The summed E-state index contributed by atoms with van der Waals surface area (Å²) < 4.78 is 31.7. The van der Waals surface area contributed by atoms with Crippen LogP contribution in [0.4, 0.5) is 13.2 Å². The first kappa shape index (κ1) is 24.7. The molecule has 4 nitrogen and oxygen atoms in total. The summed E-state index contributed by atoms with van der Waals surface area (Å²) >= 11 is 0. The highest BCUT2D eigenvalue weighted by molar-refractivity contribution is 5.94. The molecule has 0 heterocycles. The van der Waals surface area contributed by atoms with E-state index in [0.29, 0.717) is 5.56 Å². The van der Waals surface area contributed by atoms with Gasteiger partial charge < -0.3 is 10.8 Å². The van der Waals surface area contributed by atoms with Crippen molar-refractivity contribution < 1.29 is 27.9 Å². The maximum absolute atomic E-state index is 11.3. The average molecular weight is 443 g/mol. The number of carboxylic acids is 1. The van der Waals surface area contributed by atoms with Gasteiger partial charge in [0, 0.05) is 5.56 Å². The van der Waals surface area contributed by atoms with Gasteiger partial charge in [0.1, 0.15) is 0 Å². The van der Waals surface area contributed by atoms with Gasteiger partial charge in [-0.15, -0.1) is 0 Å². The zero-order valence-electron chi connectivity index (χ0n) is 17.3. The van der Waals surface area contributed by atoms with Crippen LogP contribution in [0.5, 0.6) is 0 Å². The number of carboxylic acid groups (broad SMARTS) is 1. The van der Waals surface area contributed by atoms with Crippen molar-refractivity contribution in [1.29, 1.82) is 0 Å². The molecule has 1 amide bonds. The molecule has 32 heavy (non-hydrogen) atoms. The Kier molecular flexibility index (Phi) is 9.01. The Hall–Kier alpha value is -3.61. The molecule has 168 valence electrons. The molecule has 0 fully saturated rings. The van der Waals surface area contributed by atoms with Gasteiger partial charge >= 0.3 is 12.1 Å². The van der Waals surface area contributed by atoms with E-state index in [0.717, 1.165) is 24.0 Å². The Morgan fingerprint density at radius 3 is 1.78 bits per heavy atom. The van der Waals surface area contributed by atoms with E-state index in [1.807, 2.05) is 18.2 Å². The fraction of sp³-hybridized carbons (Fsp3) is 0.200. The summed E-state index contributed by atoms with van der Waals surface area (Å²) in [5.74, 6) is -3.15. The number of carbonyl (C=O) groups excluding carboxylic acids is 1. The second-order valence-electron chi connectivity index (χ2n) is 7.14. The molecule has 3 rings (SSSR count). The highest BCUT2D eigenvalue weighted by atomic mass is 19.4. The van der Waals surface area contributed by atoms with E-state index >= 15 is 0 Å². The van der Waals surface area contributed by atoms with Crippen molar-refractivity contribution in [2.24, 2.45) is 5.73 Å². The van der Waals surface area contributed by atoms with Crippen molar-refractivity contribution in [3.05, 3.63) is 95.6 Å². The Morgan fingerprint density at radius 2 is 1.28 bits per heavy atom. The number of hydrogen-bond donors (Lipinski definition) is 2. The number of unbranched alkanes of at least 4 members (excludes halogenated alkanes) is 1. The number of primary amides is 1. The van der Waals surface area contributed by atoms with Gasteiger partial charge in [0.25, 0.3) is 0 Å². The van der Waals surface area contributed by atoms with Crippen molar-refractivity contribution >= 4 is 11.9 Å². The minimum absolute atomic E-state index is 0.392. The molecular formula is C25H24F3NO3. The Morgan fingerprint density at radius 1 is 0.750 bits per heavy atom. The molecule has 0 saturated heterocycles. The van der Waals surface area contributed by atoms with Gasteiger partial charge in [-0.1, -0.05) is 66.7 Å². The van der Waals surface area contributed by atoms with Gasteiger partial charge in [0.15, 0.2) is 0 Å². The molecular weight excluding hydrogens is 419 g/mol. The average Bonchev–Trinajstić information content (AvgIpc) is 2.78. The SMILES string of the molecule is NC(=O)c1cccc(-c2ccc(CCCCc3ccccc3)cc2)c1.O=C(O)C(F)(F)F. The normalized spacial score (nSPS) is 10.7. The van der Waals surface area contributed by atoms with Gasteiger partial charge in [-0.05, 0) is 60.1 Å². The van der Waals surface area contributed by atoms with E-state index in [9.17, 15) is 18.0 Å². The monoisotopic (exact) mass is 443 g/mol. The van der Waals surface area contributed by atoms with Crippen LogP contribution in [0.2, 0.25) is 0 Å². The molecule has 0 aliphatic heterocycles. The number of nitrogens with two attached hydrogens (primary N) is 1. The predicted octanol–water partition coefficient (Wildman–Crippen LogP) is 5.65. The van der Waals surface area contributed by atoms with Crippen LogP contribution < -0.4 is 5.73 Å². The third kappa shape index (κ3) is 8.26. The van der Waals surface area contributed by atoms with E-state index in [1.165, 1.54) is 24.0 Å². The number of benzene rings is 3. The molecule has 0 aliphatic carbocycles. The number of halogens is 3. The van der Waals surface area contributed by atoms with Crippen molar-refractivity contribution in [2.75, 3.05) is 0 Å². The number of carbonyl (C=O) groups is 2. The van der Waals surface area contributed by atoms with Crippen molar-refractivity contribution in [2.45, 2.75) is 31.9 Å². The molecule has 3 N–H and O–H groups in total. The summed E-state index contributed by atoms with van der Waals surface area (Å²) in [4.78, 5) is 20.2. The first-order valence-electron chi connectivity index (χ1n) is 10.00. The first-order chi connectivity index (χ1) is 15.2. The highest BCUT2D eigenvalue weighted by Gasteiger charge is 2.38. The fourth-order valence-electron chi connectivity index (χ4n) is 3.02.